The lowest BCUT2D eigenvalue weighted by Gasteiger charge is -2.27. The van der Waals surface area contributed by atoms with E-state index in [1.54, 1.807) is 0 Å². The molecule has 0 spiro atoms. The first-order valence-corrected chi connectivity index (χ1v) is 25.7. The number of fused-ring (bicyclic) bond motifs is 2. The van der Waals surface area contributed by atoms with Crippen LogP contribution in [-0.2, 0) is 55.4 Å². The first kappa shape index (κ1) is 48.8. The molecule has 2 aromatic rings. The highest BCUT2D eigenvalue weighted by molar-refractivity contribution is 7.92. The molecular weight excluding hydrogens is 858 g/mol. The molecule has 0 radical (unpaired) electrons. The number of aliphatic hydroxyl groups excluding tert-OH is 1. The second-order valence-corrected chi connectivity index (χ2v) is 21.8. The van der Waals surface area contributed by atoms with Gasteiger partial charge in [0.15, 0.2) is 18.9 Å². The van der Waals surface area contributed by atoms with E-state index in [2.05, 4.69) is 109 Å². The van der Waals surface area contributed by atoms with Crippen LogP contribution in [0.2, 0.25) is 0 Å². The highest BCUT2D eigenvalue weighted by atomic mass is 31.1. The number of carbonyl (C=O) groups excluding carboxylic acids is 1. The smallest absolute Gasteiger partial charge is 0.336 e. The van der Waals surface area contributed by atoms with E-state index >= 15 is 0 Å². The molecule has 2 saturated carbocycles. The number of benzene rings is 2. The molecule has 6 fully saturated rings. The minimum Gasteiger partial charge on any atom is -0.462 e. The average molecular weight is 927 g/mol. The lowest BCUT2D eigenvalue weighted by atomic mass is 9.90. The summed E-state index contributed by atoms with van der Waals surface area (Å²) in [5.41, 5.74) is 2.62. The van der Waals surface area contributed by atoms with Crippen molar-refractivity contribution in [1.82, 2.24) is 0 Å². The number of aliphatic hydroxyl groups is 1. The zero-order valence-corrected chi connectivity index (χ0v) is 40.6. The second-order valence-electron chi connectivity index (χ2n) is 17.6. The predicted molar refractivity (Wildman–Crippen MR) is 258 cm³/mol. The van der Waals surface area contributed by atoms with Gasteiger partial charge in [0.1, 0.15) is 6.10 Å². The quantitative estimate of drug-likeness (QED) is 0.0682. The van der Waals surface area contributed by atoms with Crippen LogP contribution in [0.1, 0.15) is 88.2 Å². The first-order valence-electron chi connectivity index (χ1n) is 23.0. The molecule has 338 valence electrons. The second kappa shape index (κ2) is 25.2. The summed E-state index contributed by atoms with van der Waals surface area (Å²) in [5.74, 6) is 0.734. The summed E-state index contributed by atoms with van der Waals surface area (Å²) in [5, 5.41) is 9.99. The van der Waals surface area contributed by atoms with Crippen molar-refractivity contribution in [3.8, 4) is 0 Å². The molecule has 1 N–H and O–H groups in total. The molecule has 2 aromatic carbocycles. The molecule has 6 aliphatic rings. The van der Waals surface area contributed by atoms with Gasteiger partial charge < -0.3 is 42.8 Å². The third-order valence-corrected chi connectivity index (χ3v) is 13.7. The Bertz CT molecular complexity index is 1690. The third-order valence-electron chi connectivity index (χ3n) is 13.0. The Balaban J connectivity index is 0.000000186. The normalized spacial score (nSPS) is 32.9. The SMILES string of the molecule is O=C1C[C@@H]2[C@@H](/C=C/[C@H](CCc3ccccc3)OC3CCCCO3)[C@H](OB(P)P)C[C@@H]2O1.OC1C[C@@H]2[C@@H](/C=C/[C@H](CCc3ccccc3)OC3CCCCO3)[C@H](OB(P)P)C[C@@H]2O1. The molecule has 7 unspecified atom stereocenters. The van der Waals surface area contributed by atoms with Crippen LogP contribution in [0.4, 0.5) is 0 Å². The lowest BCUT2D eigenvalue weighted by Crippen LogP contribution is -2.28. The molecular formula is C46H68B2O10P4. The number of rotatable bonds is 18. The van der Waals surface area contributed by atoms with Crippen LogP contribution in [0, 0.1) is 23.7 Å². The van der Waals surface area contributed by atoms with Crippen molar-refractivity contribution in [2.45, 2.75) is 145 Å². The largest absolute Gasteiger partial charge is 0.462 e. The summed E-state index contributed by atoms with van der Waals surface area (Å²) in [4.78, 5) is 11.9. The standard InChI is InChI=1S/C23H35BO5P2.C23H33BO5P2/c2*25-22-14-19-18(21(29-24(30)31)15-20(19)28-22)12-11-17(27-23-8-4-5-13-26-23)10-9-16-6-2-1-3-7-16/h1-3,6-7,11-12,17-23,25H,4-5,8-10,13-15,30-31H2;1-3,6-7,11-12,17-21,23H,4-5,8-10,13-15,30-31H2/b2*12-11+/t17-,18+,19+,20-,21+,22?,23?;17-,18+,19+,20-,21+,23?/m00/s1. The van der Waals surface area contributed by atoms with Gasteiger partial charge in [0.2, 0.25) is 0 Å². The van der Waals surface area contributed by atoms with E-state index in [9.17, 15) is 9.90 Å². The van der Waals surface area contributed by atoms with Gasteiger partial charge in [-0.2, -0.15) is 0 Å². The summed E-state index contributed by atoms with van der Waals surface area (Å²) < 4.78 is 48.0. The van der Waals surface area contributed by atoms with E-state index in [0.717, 1.165) is 90.3 Å². The number of hydrogen-bond donors (Lipinski definition) is 1. The molecule has 10 nitrogen and oxygen atoms in total. The van der Waals surface area contributed by atoms with Gasteiger partial charge in [0, 0.05) is 43.8 Å². The molecule has 2 aliphatic carbocycles. The van der Waals surface area contributed by atoms with Crippen LogP contribution < -0.4 is 0 Å². The zero-order valence-electron chi connectivity index (χ0n) is 36.0. The van der Waals surface area contributed by atoms with Gasteiger partial charge in [-0.25, -0.2) is 0 Å². The van der Waals surface area contributed by atoms with E-state index in [1.165, 1.54) is 11.1 Å². The number of ether oxygens (including phenoxy) is 6. The Hall–Kier alpha value is -1.08. The molecule has 4 aliphatic heterocycles. The molecule has 4 saturated heterocycles. The van der Waals surface area contributed by atoms with Gasteiger partial charge >= 0.3 is 18.7 Å². The van der Waals surface area contributed by atoms with Crippen molar-refractivity contribution >= 4 is 55.2 Å². The first-order chi connectivity index (χ1) is 30.2. The summed E-state index contributed by atoms with van der Waals surface area (Å²) >= 11 is 0. The summed E-state index contributed by atoms with van der Waals surface area (Å²) in [6.45, 7) is 1.55. The van der Waals surface area contributed by atoms with E-state index in [0.29, 0.717) is 12.8 Å². The van der Waals surface area contributed by atoms with Gasteiger partial charge in [-0.05, 0) is 87.7 Å². The molecule has 62 heavy (non-hydrogen) atoms. The van der Waals surface area contributed by atoms with Crippen molar-refractivity contribution in [2.75, 3.05) is 13.2 Å². The van der Waals surface area contributed by atoms with E-state index in [4.69, 9.17) is 37.7 Å². The van der Waals surface area contributed by atoms with Gasteiger partial charge in [-0.1, -0.05) is 85.0 Å². The molecule has 17 atom stereocenters. The molecule has 4 heterocycles. The van der Waals surface area contributed by atoms with Gasteiger partial charge in [0.05, 0.1) is 36.9 Å². The van der Waals surface area contributed by atoms with E-state index < -0.39 is 6.29 Å². The fourth-order valence-electron chi connectivity index (χ4n) is 10.0. The number of esters is 1. The topological polar surface area (TPSA) is 111 Å². The fourth-order valence-corrected chi connectivity index (χ4v) is 10.8. The van der Waals surface area contributed by atoms with Gasteiger partial charge in [-0.3, -0.25) is 4.79 Å². The van der Waals surface area contributed by atoms with Gasteiger partial charge in [-0.15, -0.1) is 36.5 Å². The maximum atomic E-state index is 11.9. The molecule has 16 heteroatoms. The van der Waals surface area contributed by atoms with Crippen molar-refractivity contribution in [3.63, 3.8) is 0 Å². The maximum absolute atomic E-state index is 11.9. The molecule has 8 rings (SSSR count). The van der Waals surface area contributed by atoms with Crippen molar-refractivity contribution < 1.29 is 47.6 Å². The fraction of sp³-hybridized carbons (Fsp3) is 0.630. The van der Waals surface area contributed by atoms with Crippen LogP contribution in [0.3, 0.4) is 0 Å². The number of hydrogen-bond acceptors (Lipinski definition) is 10. The van der Waals surface area contributed by atoms with Crippen LogP contribution in [0.15, 0.2) is 85.0 Å². The van der Waals surface area contributed by atoms with Crippen molar-refractivity contribution in [1.29, 1.82) is 0 Å². The maximum Gasteiger partial charge on any atom is 0.336 e. The summed E-state index contributed by atoms with van der Waals surface area (Å²) in [7, 11) is 10.7. The van der Waals surface area contributed by atoms with Crippen LogP contribution in [0.5, 0.6) is 0 Å². The minimum absolute atomic E-state index is 0.00502. The van der Waals surface area contributed by atoms with E-state index in [1.807, 2.05) is 12.1 Å². The molecule has 0 amide bonds. The molecule has 0 aromatic heterocycles. The van der Waals surface area contributed by atoms with E-state index in [-0.39, 0.29) is 91.6 Å². The summed E-state index contributed by atoms with van der Waals surface area (Å²) in [6, 6.07) is 21.0. The highest BCUT2D eigenvalue weighted by Gasteiger charge is 2.50. The van der Waals surface area contributed by atoms with Crippen molar-refractivity contribution in [3.05, 3.63) is 96.1 Å². The van der Waals surface area contributed by atoms with Gasteiger partial charge in [0.25, 0.3) is 0 Å². The lowest BCUT2D eigenvalue weighted by molar-refractivity contribution is -0.179. The predicted octanol–water partition coefficient (Wildman–Crippen LogP) is 8.11. The number of aryl methyl sites for hydroxylation is 2. The Morgan fingerprint density at radius 2 is 1.18 bits per heavy atom. The third kappa shape index (κ3) is 15.0. The molecule has 0 bridgehead atoms. The Kier molecular flexibility index (Phi) is 19.8. The minimum atomic E-state index is -0.657. The Morgan fingerprint density at radius 3 is 1.66 bits per heavy atom. The van der Waals surface area contributed by atoms with Crippen LogP contribution in [0.25, 0.3) is 0 Å². The van der Waals surface area contributed by atoms with Crippen LogP contribution in [-0.4, -0.2) is 92.5 Å². The summed E-state index contributed by atoms with van der Waals surface area (Å²) in [6.07, 6.45) is 20.8. The zero-order chi connectivity index (χ0) is 43.3. The van der Waals surface area contributed by atoms with Crippen LogP contribution >= 0.6 is 36.5 Å². The Labute approximate surface area is 379 Å². The highest BCUT2D eigenvalue weighted by Crippen LogP contribution is 2.46. The average Bonchev–Trinajstić information content (AvgIpc) is 3.99. The van der Waals surface area contributed by atoms with Crippen molar-refractivity contribution in [2.24, 2.45) is 23.7 Å². The Morgan fingerprint density at radius 1 is 0.677 bits per heavy atom. The number of carbonyl (C=O) groups is 1. The monoisotopic (exact) mass is 926 g/mol.